The van der Waals surface area contributed by atoms with Crippen LogP contribution < -0.4 is 5.32 Å². The first-order chi connectivity index (χ1) is 15.8. The molecule has 0 fully saturated rings. The van der Waals surface area contributed by atoms with E-state index in [1.807, 2.05) is 36.4 Å². The van der Waals surface area contributed by atoms with Gasteiger partial charge in [-0.05, 0) is 53.2 Å². The molecule has 0 bridgehead atoms. The summed E-state index contributed by atoms with van der Waals surface area (Å²) in [5.74, 6) is -0.0856. The van der Waals surface area contributed by atoms with Crippen molar-refractivity contribution in [2.75, 3.05) is 0 Å². The molecule has 1 aromatic heterocycles. The zero-order valence-corrected chi connectivity index (χ0v) is 20.3. The number of fused-ring (bicyclic) bond motifs is 1. The molecule has 170 valence electrons. The Morgan fingerprint density at radius 1 is 1.06 bits per heavy atom. The number of nitrogens with zero attached hydrogens (tertiary/aromatic N) is 1. The van der Waals surface area contributed by atoms with Crippen LogP contribution in [-0.4, -0.2) is 10.5 Å². The fourth-order valence-corrected chi connectivity index (χ4v) is 4.29. The highest BCUT2D eigenvalue weighted by molar-refractivity contribution is 6.32. The minimum Gasteiger partial charge on any atom is -0.347 e. The van der Waals surface area contributed by atoms with Gasteiger partial charge in [-0.15, -0.1) is 0 Å². The summed E-state index contributed by atoms with van der Waals surface area (Å²) in [6.07, 6.45) is 10.1. The van der Waals surface area contributed by atoms with Crippen molar-refractivity contribution in [3.63, 3.8) is 0 Å². The van der Waals surface area contributed by atoms with Crippen LogP contribution in [0, 0.1) is 0 Å². The van der Waals surface area contributed by atoms with Crippen LogP contribution in [0.25, 0.3) is 10.9 Å². The quantitative estimate of drug-likeness (QED) is 0.428. The maximum absolute atomic E-state index is 13.3. The molecule has 1 aliphatic carbocycles. The Labute approximate surface area is 201 Å². The van der Waals surface area contributed by atoms with Gasteiger partial charge in [-0.1, -0.05) is 93.1 Å². The third-order valence-electron chi connectivity index (χ3n) is 6.05. The number of hydrogen-bond donors (Lipinski definition) is 1. The number of carbonyl (C=O) groups excluding carboxylic acids is 1. The van der Waals surface area contributed by atoms with Crippen LogP contribution in [0.15, 0.2) is 89.5 Å². The van der Waals surface area contributed by atoms with Crippen LogP contribution in [0.3, 0.4) is 0 Å². The highest BCUT2D eigenvalue weighted by Crippen LogP contribution is 2.26. The maximum Gasteiger partial charge on any atom is 0.268 e. The second kappa shape index (κ2) is 9.84. The zero-order valence-electron chi connectivity index (χ0n) is 19.6. The Morgan fingerprint density at radius 2 is 1.82 bits per heavy atom. The van der Waals surface area contributed by atoms with Crippen molar-refractivity contribution >= 4 is 28.4 Å². The van der Waals surface area contributed by atoms with Gasteiger partial charge in [0.05, 0.1) is 0 Å². The van der Waals surface area contributed by atoms with Crippen molar-refractivity contribution in [1.29, 1.82) is 0 Å². The summed E-state index contributed by atoms with van der Waals surface area (Å²) in [6.45, 7) is 7.64. The molecule has 1 amide bonds. The number of carbonyl (C=O) groups is 1. The molecule has 0 saturated heterocycles. The Hall–Kier alpha value is -3.04. The number of halogens is 1. The summed E-state index contributed by atoms with van der Waals surface area (Å²) in [5.41, 5.74) is 5.18. The van der Waals surface area contributed by atoms with Crippen LogP contribution in [-0.2, 0) is 18.5 Å². The number of rotatable bonds is 5. The zero-order chi connectivity index (χ0) is 23.4. The summed E-state index contributed by atoms with van der Waals surface area (Å²) in [5, 5.41) is 4.87. The van der Waals surface area contributed by atoms with Gasteiger partial charge in [-0.2, -0.15) is 0 Å². The minimum absolute atomic E-state index is 0.0856. The van der Waals surface area contributed by atoms with Gasteiger partial charge in [0.15, 0.2) is 0 Å². The molecule has 3 nitrogen and oxygen atoms in total. The van der Waals surface area contributed by atoms with Gasteiger partial charge < -0.3 is 9.88 Å². The van der Waals surface area contributed by atoms with E-state index in [0.29, 0.717) is 23.8 Å². The monoisotopic (exact) mass is 458 g/mol. The van der Waals surface area contributed by atoms with Crippen molar-refractivity contribution in [3.8, 4) is 0 Å². The van der Waals surface area contributed by atoms with Gasteiger partial charge in [0.25, 0.3) is 5.91 Å². The van der Waals surface area contributed by atoms with Crippen LogP contribution in [0.2, 0.25) is 0 Å². The molecule has 0 saturated carbocycles. The molecule has 1 N–H and O–H groups in total. The van der Waals surface area contributed by atoms with E-state index in [-0.39, 0.29) is 11.3 Å². The van der Waals surface area contributed by atoms with E-state index in [1.165, 1.54) is 5.56 Å². The average Bonchev–Trinajstić information content (AvgIpc) is 3.15. The molecule has 0 atom stereocenters. The molecule has 0 aliphatic heterocycles. The third kappa shape index (κ3) is 5.48. The number of amides is 1. The molecule has 0 radical (unpaired) electrons. The summed E-state index contributed by atoms with van der Waals surface area (Å²) in [7, 11) is 0. The van der Waals surface area contributed by atoms with E-state index in [4.69, 9.17) is 11.6 Å². The highest BCUT2D eigenvalue weighted by Gasteiger charge is 2.18. The molecule has 0 unspecified atom stereocenters. The second-order valence-electron chi connectivity index (χ2n) is 9.55. The molecule has 1 aliphatic rings. The van der Waals surface area contributed by atoms with E-state index in [1.54, 1.807) is 0 Å². The standard InChI is InChI=1S/C29H31ClN2O/c1-29(2,3)24-16-14-21(15-17-24)19-31-28(33)27-18-22-10-8-9-13-26(22)32(27)20-23-11-6-4-5-7-12-25(23)30/h5,7-18H,4,6,19-20H2,1-3H3,(H,31,33)/b7-5+,23-11-,25-12+. The molecule has 0 spiro atoms. The highest BCUT2D eigenvalue weighted by atomic mass is 35.5. The van der Waals surface area contributed by atoms with Crippen LogP contribution >= 0.6 is 11.6 Å². The molecule has 33 heavy (non-hydrogen) atoms. The SMILES string of the molecule is CC(C)(C)c1ccc(CNC(=O)c2cc3ccccc3n2CC2=C/CC/C=C/C=C\2Cl)cc1. The smallest absolute Gasteiger partial charge is 0.268 e. The van der Waals surface area contributed by atoms with E-state index >= 15 is 0 Å². The predicted molar refractivity (Wildman–Crippen MR) is 139 cm³/mol. The van der Waals surface area contributed by atoms with Crippen LogP contribution in [0.4, 0.5) is 0 Å². The Bertz CT molecular complexity index is 1240. The van der Waals surface area contributed by atoms with Crippen LogP contribution in [0.1, 0.15) is 55.2 Å². The van der Waals surface area contributed by atoms with Crippen molar-refractivity contribution in [3.05, 3.63) is 106 Å². The van der Waals surface area contributed by atoms with E-state index in [0.717, 1.165) is 34.9 Å². The van der Waals surface area contributed by atoms with Gasteiger partial charge in [0.1, 0.15) is 5.69 Å². The number of hydrogen-bond acceptors (Lipinski definition) is 1. The lowest BCUT2D eigenvalue weighted by atomic mass is 9.87. The molecule has 3 aromatic rings. The number of para-hydroxylation sites is 1. The first kappa shape index (κ1) is 23.1. The first-order valence-corrected chi connectivity index (χ1v) is 11.9. The lowest BCUT2D eigenvalue weighted by molar-refractivity contribution is 0.0942. The normalized spacial score (nSPS) is 18.5. The minimum atomic E-state index is -0.0856. The van der Waals surface area contributed by atoms with Crippen molar-refractivity contribution in [2.24, 2.45) is 0 Å². The average molecular weight is 459 g/mol. The molecule has 4 rings (SSSR count). The summed E-state index contributed by atoms with van der Waals surface area (Å²) < 4.78 is 2.07. The molecule has 1 heterocycles. The largest absolute Gasteiger partial charge is 0.347 e. The third-order valence-corrected chi connectivity index (χ3v) is 6.42. The van der Waals surface area contributed by atoms with E-state index in [2.05, 4.69) is 73.1 Å². The number of nitrogens with one attached hydrogen (secondary N) is 1. The topological polar surface area (TPSA) is 34.0 Å². The summed E-state index contributed by atoms with van der Waals surface area (Å²) in [4.78, 5) is 13.3. The Morgan fingerprint density at radius 3 is 2.58 bits per heavy atom. The maximum atomic E-state index is 13.3. The molecular weight excluding hydrogens is 428 g/mol. The summed E-state index contributed by atoms with van der Waals surface area (Å²) >= 11 is 6.57. The van der Waals surface area contributed by atoms with Gasteiger partial charge in [0, 0.05) is 29.0 Å². The predicted octanol–water partition coefficient (Wildman–Crippen LogP) is 7.27. The van der Waals surface area contributed by atoms with Crippen molar-refractivity contribution in [1.82, 2.24) is 9.88 Å². The van der Waals surface area contributed by atoms with Crippen molar-refractivity contribution < 1.29 is 4.79 Å². The van der Waals surface area contributed by atoms with E-state index in [9.17, 15) is 4.79 Å². The molecule has 4 heteroatoms. The second-order valence-corrected chi connectivity index (χ2v) is 9.96. The Balaban J connectivity index is 1.58. The number of aromatic nitrogens is 1. The number of allylic oxidation sites excluding steroid dienone is 6. The van der Waals surface area contributed by atoms with Gasteiger partial charge in [0.2, 0.25) is 0 Å². The molecule has 2 aromatic carbocycles. The van der Waals surface area contributed by atoms with Crippen molar-refractivity contribution in [2.45, 2.75) is 52.1 Å². The fourth-order valence-electron chi connectivity index (χ4n) is 4.08. The van der Waals surface area contributed by atoms with Gasteiger partial charge >= 0.3 is 0 Å². The number of benzene rings is 2. The fraction of sp³-hybridized carbons (Fsp3) is 0.276. The van der Waals surface area contributed by atoms with Gasteiger partial charge in [-0.3, -0.25) is 4.79 Å². The summed E-state index contributed by atoms with van der Waals surface area (Å²) in [6, 6.07) is 18.5. The van der Waals surface area contributed by atoms with Gasteiger partial charge in [-0.25, -0.2) is 0 Å². The first-order valence-electron chi connectivity index (χ1n) is 11.5. The molecular formula is C29H31ClN2O. The lowest BCUT2D eigenvalue weighted by Gasteiger charge is -2.19. The lowest BCUT2D eigenvalue weighted by Crippen LogP contribution is -2.26. The van der Waals surface area contributed by atoms with E-state index < -0.39 is 0 Å². The Kier molecular flexibility index (Phi) is 6.90. The van der Waals surface area contributed by atoms with Crippen LogP contribution in [0.5, 0.6) is 0 Å².